The summed E-state index contributed by atoms with van der Waals surface area (Å²) >= 11 is 1.41. The highest BCUT2D eigenvalue weighted by Gasteiger charge is 2.06. The minimum Gasteiger partial charge on any atom is -0.396 e. The summed E-state index contributed by atoms with van der Waals surface area (Å²) in [6.07, 6.45) is 3.92. The standard InChI is InChI=1S/C11H11N5O2S/c17-3-1-8-6-15(14-13-8)7-9-5-10(18)16-2-4-19-11(16)12-9/h2,4-6,17H,1,3,7H2. The van der Waals surface area contributed by atoms with Crippen LogP contribution in [0.3, 0.4) is 0 Å². The van der Waals surface area contributed by atoms with E-state index < -0.39 is 0 Å². The van der Waals surface area contributed by atoms with Gasteiger partial charge in [0.05, 0.1) is 17.9 Å². The molecule has 3 aromatic heterocycles. The molecule has 3 heterocycles. The van der Waals surface area contributed by atoms with E-state index >= 15 is 0 Å². The minimum atomic E-state index is -0.100. The number of nitrogens with zero attached hydrogens (tertiary/aromatic N) is 5. The number of aromatic nitrogens is 5. The van der Waals surface area contributed by atoms with Gasteiger partial charge in [-0.1, -0.05) is 5.21 Å². The fourth-order valence-electron chi connectivity index (χ4n) is 1.78. The third-order valence-electron chi connectivity index (χ3n) is 2.63. The van der Waals surface area contributed by atoms with Crippen LogP contribution in [-0.2, 0) is 13.0 Å². The van der Waals surface area contributed by atoms with Crippen LogP contribution >= 0.6 is 11.3 Å². The molecule has 0 saturated heterocycles. The normalized spacial score (nSPS) is 11.2. The van der Waals surface area contributed by atoms with Gasteiger partial charge >= 0.3 is 0 Å². The zero-order valence-corrected chi connectivity index (χ0v) is 10.7. The van der Waals surface area contributed by atoms with Gasteiger partial charge in [-0.3, -0.25) is 9.20 Å². The lowest BCUT2D eigenvalue weighted by Gasteiger charge is -2.00. The largest absolute Gasteiger partial charge is 0.396 e. The van der Waals surface area contributed by atoms with Crippen LogP contribution in [0.4, 0.5) is 0 Å². The summed E-state index contributed by atoms with van der Waals surface area (Å²) in [5.74, 6) is 0. The molecule has 7 nitrogen and oxygen atoms in total. The molecule has 0 amide bonds. The number of thiazole rings is 1. The minimum absolute atomic E-state index is 0.0411. The van der Waals surface area contributed by atoms with Crippen molar-refractivity contribution in [1.82, 2.24) is 24.4 Å². The average Bonchev–Trinajstić information content (AvgIpc) is 2.99. The van der Waals surface area contributed by atoms with Gasteiger partial charge in [0.25, 0.3) is 5.56 Å². The predicted octanol–water partition coefficient (Wildman–Crippen LogP) is -0.0694. The molecule has 1 N–H and O–H groups in total. The first-order valence-corrected chi connectivity index (χ1v) is 6.60. The first kappa shape index (κ1) is 12.0. The van der Waals surface area contributed by atoms with Crippen molar-refractivity contribution in [1.29, 1.82) is 0 Å². The highest BCUT2D eigenvalue weighted by atomic mass is 32.1. The number of fused-ring (bicyclic) bond motifs is 1. The van der Waals surface area contributed by atoms with Gasteiger partial charge in [-0.15, -0.1) is 16.4 Å². The summed E-state index contributed by atoms with van der Waals surface area (Å²) in [7, 11) is 0. The van der Waals surface area contributed by atoms with Crippen LogP contribution in [0.15, 0.2) is 28.6 Å². The second-order valence-corrected chi connectivity index (χ2v) is 4.90. The van der Waals surface area contributed by atoms with E-state index in [9.17, 15) is 4.79 Å². The first-order valence-electron chi connectivity index (χ1n) is 5.72. The third-order valence-corrected chi connectivity index (χ3v) is 3.39. The Morgan fingerprint density at radius 3 is 3.11 bits per heavy atom. The molecule has 3 rings (SSSR count). The molecule has 3 aromatic rings. The number of aliphatic hydroxyl groups excluding tert-OH is 1. The Bertz CT molecular complexity index is 760. The van der Waals surface area contributed by atoms with Gasteiger partial charge in [0, 0.05) is 36.9 Å². The molecule has 19 heavy (non-hydrogen) atoms. The summed E-state index contributed by atoms with van der Waals surface area (Å²) < 4.78 is 3.11. The zero-order valence-electron chi connectivity index (χ0n) is 9.93. The van der Waals surface area contributed by atoms with Crippen molar-refractivity contribution in [3.63, 3.8) is 0 Å². The molecule has 0 saturated carbocycles. The van der Waals surface area contributed by atoms with Crippen molar-refractivity contribution in [3.05, 3.63) is 45.6 Å². The second kappa shape index (κ2) is 4.90. The van der Waals surface area contributed by atoms with Gasteiger partial charge in [0.1, 0.15) is 0 Å². The van der Waals surface area contributed by atoms with Crippen molar-refractivity contribution in [2.75, 3.05) is 6.61 Å². The molecule has 98 valence electrons. The Morgan fingerprint density at radius 2 is 2.26 bits per heavy atom. The van der Waals surface area contributed by atoms with Gasteiger partial charge in [-0.2, -0.15) is 0 Å². The molecule has 8 heteroatoms. The van der Waals surface area contributed by atoms with E-state index in [0.29, 0.717) is 23.6 Å². The van der Waals surface area contributed by atoms with Crippen LogP contribution in [0.1, 0.15) is 11.4 Å². The monoisotopic (exact) mass is 277 g/mol. The molecule has 0 aromatic carbocycles. The molecule has 0 unspecified atom stereocenters. The van der Waals surface area contributed by atoms with E-state index in [1.165, 1.54) is 21.8 Å². The Morgan fingerprint density at radius 1 is 1.37 bits per heavy atom. The van der Waals surface area contributed by atoms with Gasteiger partial charge in [-0.05, 0) is 0 Å². The van der Waals surface area contributed by atoms with Crippen molar-refractivity contribution < 1.29 is 5.11 Å². The molecule has 0 aliphatic heterocycles. The van der Waals surface area contributed by atoms with Crippen LogP contribution in [0.5, 0.6) is 0 Å². The Labute approximate surface area is 111 Å². The maximum absolute atomic E-state index is 11.8. The van der Waals surface area contributed by atoms with Crippen molar-refractivity contribution in [2.45, 2.75) is 13.0 Å². The molecule has 0 spiro atoms. The second-order valence-electron chi connectivity index (χ2n) is 4.02. The Kier molecular flexibility index (Phi) is 3.10. The van der Waals surface area contributed by atoms with Crippen LogP contribution in [0, 0.1) is 0 Å². The summed E-state index contributed by atoms with van der Waals surface area (Å²) in [4.78, 5) is 16.9. The average molecular weight is 277 g/mol. The molecule has 0 bridgehead atoms. The van der Waals surface area contributed by atoms with Crippen LogP contribution in [-0.4, -0.2) is 36.1 Å². The lowest BCUT2D eigenvalue weighted by molar-refractivity contribution is 0.298. The van der Waals surface area contributed by atoms with Crippen molar-refractivity contribution in [3.8, 4) is 0 Å². The van der Waals surface area contributed by atoms with Crippen LogP contribution < -0.4 is 5.56 Å². The van der Waals surface area contributed by atoms with E-state index in [1.807, 2.05) is 5.38 Å². The smallest absolute Gasteiger partial charge is 0.258 e. The quantitative estimate of drug-likeness (QED) is 0.721. The summed E-state index contributed by atoms with van der Waals surface area (Å²) in [6, 6.07) is 1.49. The van der Waals surface area contributed by atoms with Crippen molar-refractivity contribution >= 4 is 16.3 Å². The first-order chi connectivity index (χ1) is 9.26. The lowest BCUT2D eigenvalue weighted by Crippen LogP contribution is -2.14. The summed E-state index contributed by atoms with van der Waals surface area (Å²) in [5.41, 5.74) is 1.27. The Hall–Kier alpha value is -2.06. The summed E-state index contributed by atoms with van der Waals surface area (Å²) in [6.45, 7) is 0.432. The van der Waals surface area contributed by atoms with Crippen LogP contribution in [0.25, 0.3) is 4.96 Å². The van der Waals surface area contributed by atoms with Crippen molar-refractivity contribution in [2.24, 2.45) is 0 Å². The van der Waals surface area contributed by atoms with E-state index in [1.54, 1.807) is 17.1 Å². The van der Waals surface area contributed by atoms with E-state index in [2.05, 4.69) is 15.3 Å². The molecule has 0 radical (unpaired) electrons. The molecule has 0 aliphatic carbocycles. The number of hydrogen-bond acceptors (Lipinski definition) is 6. The fourth-order valence-corrected chi connectivity index (χ4v) is 2.52. The SMILES string of the molecule is O=c1cc(Cn2cc(CCO)nn2)nc2sccn12. The highest BCUT2D eigenvalue weighted by Crippen LogP contribution is 2.07. The van der Waals surface area contributed by atoms with Gasteiger partial charge in [-0.25, -0.2) is 9.67 Å². The molecular formula is C11H11N5O2S. The summed E-state index contributed by atoms with van der Waals surface area (Å²) in [5, 5.41) is 18.5. The Balaban J connectivity index is 1.89. The van der Waals surface area contributed by atoms with E-state index in [0.717, 1.165) is 5.69 Å². The number of rotatable bonds is 4. The van der Waals surface area contributed by atoms with Gasteiger partial charge in [0.15, 0.2) is 4.96 Å². The molecule has 0 fully saturated rings. The van der Waals surface area contributed by atoms with Crippen LogP contribution in [0.2, 0.25) is 0 Å². The van der Waals surface area contributed by atoms with E-state index in [-0.39, 0.29) is 12.2 Å². The molecular weight excluding hydrogens is 266 g/mol. The zero-order chi connectivity index (χ0) is 13.2. The highest BCUT2D eigenvalue weighted by molar-refractivity contribution is 7.15. The lowest BCUT2D eigenvalue weighted by atomic mass is 10.3. The maximum atomic E-state index is 11.8. The number of aliphatic hydroxyl groups is 1. The molecule has 0 aliphatic rings. The predicted molar refractivity (Wildman–Crippen MR) is 69.3 cm³/mol. The van der Waals surface area contributed by atoms with Gasteiger partial charge in [0.2, 0.25) is 0 Å². The number of hydrogen-bond donors (Lipinski definition) is 1. The van der Waals surface area contributed by atoms with Gasteiger partial charge < -0.3 is 5.11 Å². The van der Waals surface area contributed by atoms with E-state index in [4.69, 9.17) is 5.11 Å². The topological polar surface area (TPSA) is 85.3 Å². The molecule has 0 atom stereocenters. The third kappa shape index (κ3) is 2.40. The maximum Gasteiger partial charge on any atom is 0.258 e. The fraction of sp³-hybridized carbons (Fsp3) is 0.273.